The van der Waals surface area contributed by atoms with E-state index in [0.717, 1.165) is 39.9 Å². The van der Waals surface area contributed by atoms with Crippen LogP contribution in [0.5, 0.6) is 11.5 Å². The van der Waals surface area contributed by atoms with Crippen molar-refractivity contribution in [2.24, 2.45) is 0 Å². The maximum atomic E-state index is 7.08. The first kappa shape index (κ1) is 37.5. The minimum Gasteiger partial charge on any atom is -0.458 e. The van der Waals surface area contributed by atoms with Crippen LogP contribution in [0.3, 0.4) is 0 Å². The molecule has 0 fully saturated rings. The van der Waals surface area contributed by atoms with Crippen LogP contribution in [-0.4, -0.2) is 6.71 Å². The van der Waals surface area contributed by atoms with E-state index in [0.29, 0.717) is 0 Å². The van der Waals surface area contributed by atoms with Gasteiger partial charge in [0.05, 0.1) is 5.69 Å². The van der Waals surface area contributed by atoms with Crippen LogP contribution in [0.4, 0.5) is 34.1 Å². The molecule has 0 bridgehead atoms. The van der Waals surface area contributed by atoms with E-state index in [1.54, 1.807) is 0 Å². The second kappa shape index (κ2) is 14.5. The Morgan fingerprint density at radius 1 is 0.446 bits per heavy atom. The molecular weight excluding hydrogens is 787 g/mol. The van der Waals surface area contributed by atoms with Crippen molar-refractivity contribution in [1.29, 1.82) is 0 Å². The Bertz CT molecular complexity index is 3430. The molecule has 2 heterocycles. The summed E-state index contributed by atoms with van der Waals surface area (Å²) in [7, 11) is 0. The highest BCUT2D eigenvalue weighted by Gasteiger charge is 2.45. The number of ether oxygens (including phenoxy) is 1. The normalized spacial score (nSPS) is 13.6. The summed E-state index contributed by atoms with van der Waals surface area (Å²) in [5.41, 5.74) is 20.1. The van der Waals surface area contributed by atoms with E-state index < -0.39 is 0 Å². The number of hydrogen-bond acceptors (Lipinski definition) is 3. The lowest BCUT2D eigenvalue weighted by atomic mass is 9.34. The second-order valence-electron chi connectivity index (χ2n) is 18.0. The van der Waals surface area contributed by atoms with Gasteiger partial charge in [0.15, 0.2) is 0 Å². The molecule has 2 aliphatic heterocycles. The van der Waals surface area contributed by atoms with Crippen LogP contribution in [0.25, 0.3) is 44.2 Å². The molecule has 0 atom stereocenters. The van der Waals surface area contributed by atoms with Crippen molar-refractivity contribution in [3.63, 3.8) is 0 Å². The SMILES string of the molecule is CC1(C)c2cc3c(cc2-c2c1cc(N(c1cccc(-c4ccccc4)c1)c1cccc(-c4ccccc4)c1)c1ccccc21)Oc1cccc2c1B3c1ccccc1N2c1ccccc1. The monoisotopic (exact) mass is 830 g/mol. The smallest absolute Gasteiger partial charge is 0.256 e. The lowest BCUT2D eigenvalue weighted by molar-refractivity contribution is 0.487. The first-order chi connectivity index (χ1) is 32.0. The Labute approximate surface area is 380 Å². The summed E-state index contributed by atoms with van der Waals surface area (Å²) in [6.07, 6.45) is 0. The molecule has 0 aromatic heterocycles. The number of hydrogen-bond donors (Lipinski definition) is 0. The summed E-state index contributed by atoms with van der Waals surface area (Å²) in [5.74, 6) is 1.84. The molecule has 0 spiro atoms. The van der Waals surface area contributed by atoms with Gasteiger partial charge in [-0.05, 0) is 133 Å². The van der Waals surface area contributed by atoms with Gasteiger partial charge < -0.3 is 14.5 Å². The number of benzene rings is 10. The summed E-state index contributed by atoms with van der Waals surface area (Å²) in [5, 5.41) is 2.43. The molecule has 0 radical (unpaired) electrons. The van der Waals surface area contributed by atoms with Crippen LogP contribution in [0.1, 0.15) is 25.0 Å². The van der Waals surface area contributed by atoms with Gasteiger partial charge in [0.2, 0.25) is 0 Å². The van der Waals surface area contributed by atoms with Gasteiger partial charge in [0, 0.05) is 39.2 Å². The highest BCUT2D eigenvalue weighted by atomic mass is 16.5. The molecule has 4 heteroatoms. The molecule has 3 nitrogen and oxygen atoms in total. The Morgan fingerprint density at radius 2 is 1.02 bits per heavy atom. The molecule has 10 aromatic rings. The van der Waals surface area contributed by atoms with E-state index in [4.69, 9.17) is 4.74 Å². The fourth-order valence-electron chi connectivity index (χ4n) is 11.1. The van der Waals surface area contributed by atoms with Crippen LogP contribution < -0.4 is 30.9 Å². The van der Waals surface area contributed by atoms with Crippen LogP contribution in [0.15, 0.2) is 224 Å². The molecule has 0 saturated heterocycles. The van der Waals surface area contributed by atoms with Gasteiger partial charge in [-0.25, -0.2) is 0 Å². The number of rotatable bonds is 6. The first-order valence-electron chi connectivity index (χ1n) is 22.6. The van der Waals surface area contributed by atoms with Crippen molar-refractivity contribution in [1.82, 2.24) is 0 Å². The minimum atomic E-state index is -0.327. The molecule has 0 N–H and O–H groups in total. The Balaban J connectivity index is 1.02. The van der Waals surface area contributed by atoms with E-state index >= 15 is 0 Å². The van der Waals surface area contributed by atoms with E-state index in [2.05, 4.69) is 248 Å². The van der Waals surface area contributed by atoms with Gasteiger partial charge in [-0.1, -0.05) is 172 Å². The molecule has 0 saturated carbocycles. The molecule has 1 aliphatic carbocycles. The summed E-state index contributed by atoms with van der Waals surface area (Å²) < 4.78 is 7.08. The van der Waals surface area contributed by atoms with Gasteiger partial charge in [-0.15, -0.1) is 0 Å². The largest absolute Gasteiger partial charge is 0.458 e. The second-order valence-corrected chi connectivity index (χ2v) is 18.0. The predicted molar refractivity (Wildman–Crippen MR) is 273 cm³/mol. The van der Waals surface area contributed by atoms with Gasteiger partial charge in [0.1, 0.15) is 11.5 Å². The topological polar surface area (TPSA) is 15.7 Å². The van der Waals surface area contributed by atoms with Crippen LogP contribution in [-0.2, 0) is 5.41 Å². The fraction of sp³-hybridized carbons (Fsp3) is 0.0492. The third-order valence-corrected chi connectivity index (χ3v) is 14.1. The van der Waals surface area contributed by atoms with Gasteiger partial charge >= 0.3 is 0 Å². The van der Waals surface area contributed by atoms with Crippen LogP contribution in [0, 0.1) is 0 Å². The third kappa shape index (κ3) is 5.77. The Hall–Kier alpha value is -8.08. The zero-order valence-electron chi connectivity index (χ0n) is 36.2. The fourth-order valence-corrected chi connectivity index (χ4v) is 11.1. The highest BCUT2D eigenvalue weighted by molar-refractivity contribution is 6.99. The average molecular weight is 831 g/mol. The quantitative estimate of drug-likeness (QED) is 0.155. The molecule has 13 rings (SSSR count). The minimum absolute atomic E-state index is 0.0162. The average Bonchev–Trinajstić information content (AvgIpc) is 3.58. The molecule has 306 valence electrons. The van der Waals surface area contributed by atoms with Crippen LogP contribution >= 0.6 is 0 Å². The molecule has 65 heavy (non-hydrogen) atoms. The van der Waals surface area contributed by atoms with Crippen LogP contribution in [0.2, 0.25) is 0 Å². The van der Waals surface area contributed by atoms with Crippen molar-refractivity contribution in [2.45, 2.75) is 19.3 Å². The Morgan fingerprint density at radius 3 is 1.71 bits per heavy atom. The summed E-state index contributed by atoms with van der Waals surface area (Å²) >= 11 is 0. The van der Waals surface area contributed by atoms with E-state index in [1.807, 2.05) is 0 Å². The molecule has 0 unspecified atom stereocenters. The first-order valence-corrected chi connectivity index (χ1v) is 22.6. The highest BCUT2D eigenvalue weighted by Crippen LogP contribution is 2.56. The predicted octanol–water partition coefficient (Wildman–Crippen LogP) is 14.4. The van der Waals surface area contributed by atoms with Crippen molar-refractivity contribution in [2.75, 3.05) is 9.80 Å². The third-order valence-electron chi connectivity index (χ3n) is 14.1. The molecule has 3 aliphatic rings. The van der Waals surface area contributed by atoms with Crippen molar-refractivity contribution in [3.05, 3.63) is 236 Å². The standard InChI is InChI=1S/C61H43BN2O/c1-61(2)50-38-53-58(65-57-34-18-33-55-60(57)62(53)52-31-14-15-32-54(52)64(55)44-25-10-5-11-26-44)37-49(50)59-48-30-13-12-29-47(48)56(39-51(59)61)63(45-27-16-23-42(35-45)40-19-6-3-7-20-40)46-28-17-24-43(36-46)41-21-8-4-9-22-41/h3-39H,1-2H3. The van der Waals surface area contributed by atoms with E-state index in [-0.39, 0.29) is 12.1 Å². The number of fused-ring (bicyclic) bond motifs is 9. The zero-order chi connectivity index (χ0) is 43.2. The van der Waals surface area contributed by atoms with E-state index in [1.165, 1.54) is 77.4 Å². The maximum absolute atomic E-state index is 7.08. The van der Waals surface area contributed by atoms with Gasteiger partial charge in [-0.3, -0.25) is 0 Å². The number of para-hydroxylation sites is 2. The van der Waals surface area contributed by atoms with E-state index in [9.17, 15) is 0 Å². The summed E-state index contributed by atoms with van der Waals surface area (Å²) in [6.45, 7) is 4.84. The van der Waals surface area contributed by atoms with Gasteiger partial charge in [-0.2, -0.15) is 0 Å². The van der Waals surface area contributed by atoms with Crippen molar-refractivity contribution < 1.29 is 4.74 Å². The summed E-state index contributed by atoms with van der Waals surface area (Å²) in [6, 6.07) is 81.9. The Kier molecular flexibility index (Phi) is 8.35. The summed E-state index contributed by atoms with van der Waals surface area (Å²) in [4.78, 5) is 4.88. The maximum Gasteiger partial charge on any atom is 0.256 e. The lowest BCUT2D eigenvalue weighted by Gasteiger charge is -2.40. The van der Waals surface area contributed by atoms with Gasteiger partial charge in [0.25, 0.3) is 6.71 Å². The molecular formula is C61H43BN2O. The van der Waals surface area contributed by atoms with Crippen molar-refractivity contribution >= 4 is 68.0 Å². The molecule has 0 amide bonds. The van der Waals surface area contributed by atoms with Crippen molar-refractivity contribution in [3.8, 4) is 44.9 Å². The number of anilines is 6. The zero-order valence-corrected chi connectivity index (χ0v) is 36.2. The lowest BCUT2D eigenvalue weighted by Crippen LogP contribution is -2.59. The number of nitrogens with zero attached hydrogens (tertiary/aromatic N) is 2. The molecule has 10 aromatic carbocycles.